The SMILES string of the molecule is CN=C(NCC1(c2cccc(F)c2)CCOCC1)NCC1(c2ccccc2)CC1.I. The fraction of sp³-hybridized carbons (Fsp3) is 0.458. The summed E-state index contributed by atoms with van der Waals surface area (Å²) >= 11 is 0. The molecule has 0 unspecified atom stereocenters. The van der Waals surface area contributed by atoms with E-state index in [1.54, 1.807) is 19.2 Å². The molecule has 0 radical (unpaired) electrons. The molecule has 2 aromatic carbocycles. The number of aliphatic imine (C=N–C) groups is 1. The average molecular weight is 523 g/mol. The minimum Gasteiger partial charge on any atom is -0.381 e. The van der Waals surface area contributed by atoms with Gasteiger partial charge in [-0.3, -0.25) is 4.99 Å². The van der Waals surface area contributed by atoms with E-state index in [1.807, 2.05) is 6.07 Å². The largest absolute Gasteiger partial charge is 0.381 e. The summed E-state index contributed by atoms with van der Waals surface area (Å²) in [5.41, 5.74) is 2.50. The number of hydrogen-bond donors (Lipinski definition) is 2. The number of halogens is 2. The molecule has 4 nitrogen and oxygen atoms in total. The van der Waals surface area contributed by atoms with Gasteiger partial charge in [-0.25, -0.2) is 4.39 Å². The van der Waals surface area contributed by atoms with Crippen molar-refractivity contribution in [2.45, 2.75) is 36.5 Å². The molecule has 2 N–H and O–H groups in total. The summed E-state index contributed by atoms with van der Waals surface area (Å²) in [6.07, 6.45) is 4.14. The van der Waals surface area contributed by atoms with Gasteiger partial charge in [0.2, 0.25) is 0 Å². The molecular weight excluding hydrogens is 492 g/mol. The molecule has 0 bridgehead atoms. The fourth-order valence-electron chi connectivity index (χ4n) is 4.38. The Morgan fingerprint density at radius 2 is 1.50 bits per heavy atom. The van der Waals surface area contributed by atoms with Gasteiger partial charge in [0.1, 0.15) is 5.82 Å². The minimum atomic E-state index is -0.186. The first-order valence-corrected chi connectivity index (χ1v) is 10.5. The molecule has 30 heavy (non-hydrogen) atoms. The molecule has 1 aliphatic carbocycles. The molecule has 1 saturated heterocycles. The molecule has 1 saturated carbocycles. The second-order valence-corrected chi connectivity index (χ2v) is 8.33. The van der Waals surface area contributed by atoms with Gasteiger partial charge in [0.05, 0.1) is 0 Å². The van der Waals surface area contributed by atoms with E-state index in [4.69, 9.17) is 4.74 Å². The van der Waals surface area contributed by atoms with E-state index in [0.717, 1.165) is 30.9 Å². The number of nitrogens with one attached hydrogen (secondary N) is 2. The van der Waals surface area contributed by atoms with E-state index in [2.05, 4.69) is 46.0 Å². The summed E-state index contributed by atoms with van der Waals surface area (Å²) in [7, 11) is 1.80. The monoisotopic (exact) mass is 523 g/mol. The summed E-state index contributed by atoms with van der Waals surface area (Å²) < 4.78 is 19.5. The Hall–Kier alpha value is -1.67. The van der Waals surface area contributed by atoms with Crippen LogP contribution < -0.4 is 10.6 Å². The highest BCUT2D eigenvalue weighted by atomic mass is 127. The molecule has 0 spiro atoms. The van der Waals surface area contributed by atoms with Gasteiger partial charge in [0.25, 0.3) is 0 Å². The standard InChI is InChI=1S/C24H30FN3O.HI/c1-26-22(27-17-23(10-11-23)19-6-3-2-4-7-19)28-18-24(12-14-29-15-13-24)20-8-5-9-21(25)16-20;/h2-9,16H,10-15,17-18H2,1H3,(H2,26,27,28);1H. The van der Waals surface area contributed by atoms with Crippen LogP contribution in [0, 0.1) is 5.82 Å². The fourth-order valence-corrected chi connectivity index (χ4v) is 4.38. The van der Waals surface area contributed by atoms with Crippen molar-refractivity contribution in [3.8, 4) is 0 Å². The Bertz CT molecular complexity index is 849. The van der Waals surface area contributed by atoms with Crippen LogP contribution in [-0.4, -0.2) is 39.3 Å². The Balaban J connectivity index is 0.00000256. The van der Waals surface area contributed by atoms with Gasteiger partial charge in [-0.05, 0) is 48.9 Å². The van der Waals surface area contributed by atoms with E-state index in [-0.39, 0.29) is 40.6 Å². The number of ether oxygens (including phenoxy) is 1. The highest BCUT2D eigenvalue weighted by Crippen LogP contribution is 2.47. The van der Waals surface area contributed by atoms with Crippen LogP contribution >= 0.6 is 24.0 Å². The summed E-state index contributed by atoms with van der Waals surface area (Å²) in [5.74, 6) is 0.615. The lowest BCUT2D eigenvalue weighted by Gasteiger charge is -2.38. The van der Waals surface area contributed by atoms with Crippen LogP contribution in [0.5, 0.6) is 0 Å². The summed E-state index contributed by atoms with van der Waals surface area (Å²) in [6, 6.07) is 17.7. The first-order chi connectivity index (χ1) is 14.2. The molecule has 4 rings (SSSR count). The highest BCUT2D eigenvalue weighted by Gasteiger charge is 2.44. The van der Waals surface area contributed by atoms with E-state index >= 15 is 0 Å². The highest BCUT2D eigenvalue weighted by molar-refractivity contribution is 14.0. The van der Waals surface area contributed by atoms with Crippen molar-refractivity contribution in [2.24, 2.45) is 4.99 Å². The molecule has 2 aliphatic rings. The molecule has 162 valence electrons. The second kappa shape index (κ2) is 10.1. The van der Waals surface area contributed by atoms with Crippen LogP contribution in [0.1, 0.15) is 36.8 Å². The number of rotatable bonds is 6. The average Bonchev–Trinajstić information content (AvgIpc) is 3.56. The van der Waals surface area contributed by atoms with Crippen molar-refractivity contribution in [3.63, 3.8) is 0 Å². The van der Waals surface area contributed by atoms with Crippen LogP contribution in [0.15, 0.2) is 59.6 Å². The maximum Gasteiger partial charge on any atom is 0.191 e. The molecule has 1 aliphatic heterocycles. The number of benzene rings is 2. The van der Waals surface area contributed by atoms with Crippen LogP contribution in [0.4, 0.5) is 4.39 Å². The second-order valence-electron chi connectivity index (χ2n) is 8.33. The van der Waals surface area contributed by atoms with E-state index in [0.29, 0.717) is 19.8 Å². The molecule has 6 heteroatoms. The zero-order chi connectivity index (χ0) is 20.2. The Kier molecular flexibility index (Phi) is 7.74. The third-order valence-corrected chi connectivity index (χ3v) is 6.54. The van der Waals surface area contributed by atoms with Crippen LogP contribution in [-0.2, 0) is 15.6 Å². The Morgan fingerprint density at radius 1 is 0.900 bits per heavy atom. The molecule has 0 atom stereocenters. The van der Waals surface area contributed by atoms with Crippen molar-refractivity contribution in [3.05, 3.63) is 71.5 Å². The van der Waals surface area contributed by atoms with Gasteiger partial charge in [0.15, 0.2) is 5.96 Å². The maximum atomic E-state index is 13.9. The zero-order valence-electron chi connectivity index (χ0n) is 17.5. The van der Waals surface area contributed by atoms with Crippen LogP contribution in [0.2, 0.25) is 0 Å². The number of nitrogens with zero attached hydrogens (tertiary/aromatic N) is 1. The molecule has 2 fully saturated rings. The lowest BCUT2D eigenvalue weighted by molar-refractivity contribution is 0.0513. The number of guanidine groups is 1. The first kappa shape index (κ1) is 23.0. The summed E-state index contributed by atoms with van der Waals surface area (Å²) in [5, 5.41) is 7.03. The predicted molar refractivity (Wildman–Crippen MR) is 130 cm³/mol. The van der Waals surface area contributed by atoms with E-state index < -0.39 is 0 Å². The lowest BCUT2D eigenvalue weighted by atomic mass is 9.74. The normalized spacial score (nSPS) is 19.5. The van der Waals surface area contributed by atoms with Gasteiger partial charge in [-0.1, -0.05) is 42.5 Å². The van der Waals surface area contributed by atoms with Gasteiger partial charge < -0.3 is 15.4 Å². The summed E-state index contributed by atoms with van der Waals surface area (Å²) in [6.45, 7) is 2.97. The third-order valence-electron chi connectivity index (χ3n) is 6.54. The smallest absolute Gasteiger partial charge is 0.191 e. The minimum absolute atomic E-state index is 0. The van der Waals surface area contributed by atoms with Crippen molar-refractivity contribution in [1.82, 2.24) is 10.6 Å². The zero-order valence-corrected chi connectivity index (χ0v) is 19.8. The molecular formula is C24H31FIN3O. The van der Waals surface area contributed by atoms with Crippen molar-refractivity contribution < 1.29 is 9.13 Å². The van der Waals surface area contributed by atoms with Gasteiger partial charge in [-0.15, -0.1) is 24.0 Å². The van der Waals surface area contributed by atoms with Crippen molar-refractivity contribution >= 4 is 29.9 Å². The Morgan fingerprint density at radius 3 is 2.07 bits per heavy atom. The molecule has 2 aromatic rings. The molecule has 0 amide bonds. The Labute approximate surface area is 195 Å². The van der Waals surface area contributed by atoms with Gasteiger partial charge in [0, 0.05) is 44.2 Å². The van der Waals surface area contributed by atoms with Gasteiger partial charge >= 0.3 is 0 Å². The van der Waals surface area contributed by atoms with E-state index in [9.17, 15) is 4.39 Å². The third kappa shape index (κ3) is 5.14. The quantitative estimate of drug-likeness (QED) is 0.336. The molecule has 0 aromatic heterocycles. The van der Waals surface area contributed by atoms with Crippen molar-refractivity contribution in [1.29, 1.82) is 0 Å². The van der Waals surface area contributed by atoms with E-state index in [1.165, 1.54) is 24.5 Å². The number of hydrogen-bond acceptors (Lipinski definition) is 2. The lowest BCUT2D eigenvalue weighted by Crippen LogP contribution is -2.49. The van der Waals surface area contributed by atoms with Crippen LogP contribution in [0.25, 0.3) is 0 Å². The van der Waals surface area contributed by atoms with Crippen LogP contribution in [0.3, 0.4) is 0 Å². The predicted octanol–water partition coefficient (Wildman–Crippen LogP) is 4.39. The first-order valence-electron chi connectivity index (χ1n) is 10.5. The van der Waals surface area contributed by atoms with Gasteiger partial charge in [-0.2, -0.15) is 0 Å². The topological polar surface area (TPSA) is 45.7 Å². The van der Waals surface area contributed by atoms with Crippen molar-refractivity contribution in [2.75, 3.05) is 33.4 Å². The molecule has 1 heterocycles. The maximum absolute atomic E-state index is 13.9. The summed E-state index contributed by atoms with van der Waals surface area (Å²) in [4.78, 5) is 4.43.